The number of aromatic nitrogens is 2. The Morgan fingerprint density at radius 3 is 2.88 bits per heavy atom. The molecule has 6 nitrogen and oxygen atoms in total. The van der Waals surface area contributed by atoms with E-state index in [2.05, 4.69) is 4.98 Å². The third-order valence-electron chi connectivity index (χ3n) is 2.73. The molecule has 88 valence electrons. The SMILES string of the molecule is Cc1nc2cc3c(cc2n1CC(=O)O)OCO3. The number of aryl methyl sites for hydroxylation is 1. The van der Waals surface area contributed by atoms with Crippen LogP contribution in [-0.2, 0) is 11.3 Å². The summed E-state index contributed by atoms with van der Waals surface area (Å²) in [6.45, 7) is 1.86. The molecule has 0 saturated heterocycles. The molecule has 2 heterocycles. The summed E-state index contributed by atoms with van der Waals surface area (Å²) >= 11 is 0. The molecule has 1 aliphatic heterocycles. The highest BCUT2D eigenvalue weighted by molar-refractivity contribution is 5.82. The van der Waals surface area contributed by atoms with E-state index < -0.39 is 5.97 Å². The lowest BCUT2D eigenvalue weighted by Gasteiger charge is -2.03. The zero-order valence-corrected chi connectivity index (χ0v) is 9.14. The van der Waals surface area contributed by atoms with Crippen molar-refractivity contribution in [2.45, 2.75) is 13.5 Å². The molecule has 0 atom stereocenters. The van der Waals surface area contributed by atoms with Gasteiger partial charge < -0.3 is 19.1 Å². The first-order valence-corrected chi connectivity index (χ1v) is 5.13. The van der Waals surface area contributed by atoms with Gasteiger partial charge >= 0.3 is 5.97 Å². The molecular formula is C11H10N2O4. The fourth-order valence-corrected chi connectivity index (χ4v) is 1.97. The number of hydrogen-bond acceptors (Lipinski definition) is 4. The van der Waals surface area contributed by atoms with E-state index in [1.807, 2.05) is 0 Å². The number of imidazole rings is 1. The highest BCUT2D eigenvalue weighted by Gasteiger charge is 2.18. The minimum absolute atomic E-state index is 0.109. The number of hydrogen-bond donors (Lipinski definition) is 1. The van der Waals surface area contributed by atoms with Crippen molar-refractivity contribution >= 4 is 17.0 Å². The van der Waals surface area contributed by atoms with Gasteiger partial charge in [0.25, 0.3) is 0 Å². The molecule has 17 heavy (non-hydrogen) atoms. The molecule has 0 spiro atoms. The van der Waals surface area contributed by atoms with Gasteiger partial charge in [-0.15, -0.1) is 0 Å². The predicted molar refractivity (Wildman–Crippen MR) is 58.2 cm³/mol. The maximum atomic E-state index is 10.8. The maximum absolute atomic E-state index is 10.8. The second kappa shape index (κ2) is 3.38. The van der Waals surface area contributed by atoms with Crippen LogP contribution in [0.2, 0.25) is 0 Å². The van der Waals surface area contributed by atoms with Gasteiger partial charge in [0.05, 0.1) is 11.0 Å². The molecule has 1 aliphatic rings. The number of carboxylic acids is 1. The molecule has 1 N–H and O–H groups in total. The van der Waals surface area contributed by atoms with Gasteiger partial charge in [-0.3, -0.25) is 4.79 Å². The van der Waals surface area contributed by atoms with Crippen LogP contribution in [0.15, 0.2) is 12.1 Å². The summed E-state index contributed by atoms with van der Waals surface area (Å²) in [7, 11) is 0. The number of aliphatic carboxylic acids is 1. The zero-order valence-electron chi connectivity index (χ0n) is 9.14. The molecule has 1 aromatic carbocycles. The van der Waals surface area contributed by atoms with Crippen LogP contribution in [0, 0.1) is 6.92 Å². The van der Waals surface area contributed by atoms with Gasteiger partial charge in [-0.25, -0.2) is 4.98 Å². The largest absolute Gasteiger partial charge is 0.480 e. The molecule has 3 rings (SSSR count). The van der Waals surface area contributed by atoms with Crippen molar-refractivity contribution in [3.8, 4) is 11.5 Å². The summed E-state index contributed by atoms with van der Waals surface area (Å²) in [6, 6.07) is 3.53. The molecular weight excluding hydrogens is 224 g/mol. The van der Waals surface area contributed by atoms with Gasteiger partial charge in [-0.1, -0.05) is 0 Å². The van der Waals surface area contributed by atoms with Gasteiger partial charge in [0, 0.05) is 12.1 Å². The normalized spacial score (nSPS) is 13.2. The van der Waals surface area contributed by atoms with Crippen molar-refractivity contribution < 1.29 is 19.4 Å². The second-order valence-corrected chi connectivity index (χ2v) is 3.83. The highest BCUT2D eigenvalue weighted by atomic mass is 16.7. The molecule has 0 unspecified atom stereocenters. The van der Waals surface area contributed by atoms with Crippen molar-refractivity contribution in [2.75, 3.05) is 6.79 Å². The molecule has 6 heteroatoms. The first-order chi connectivity index (χ1) is 8.15. The Bertz CT molecular complexity index is 617. The summed E-state index contributed by atoms with van der Waals surface area (Å²) in [5.74, 6) is 1.04. The number of fused-ring (bicyclic) bond motifs is 2. The van der Waals surface area contributed by atoms with E-state index in [0.29, 0.717) is 22.8 Å². The standard InChI is InChI=1S/C11H10N2O4/c1-6-12-7-2-9-10(17-5-16-9)3-8(7)13(6)4-11(14)15/h2-3H,4-5H2,1H3,(H,14,15). The van der Waals surface area contributed by atoms with E-state index in [0.717, 1.165) is 5.52 Å². The minimum Gasteiger partial charge on any atom is -0.480 e. The van der Waals surface area contributed by atoms with Crippen molar-refractivity contribution in [1.29, 1.82) is 0 Å². The lowest BCUT2D eigenvalue weighted by Crippen LogP contribution is -2.09. The van der Waals surface area contributed by atoms with Gasteiger partial charge in [-0.2, -0.15) is 0 Å². The van der Waals surface area contributed by atoms with Crippen LogP contribution in [-0.4, -0.2) is 27.4 Å². The molecule has 0 aliphatic carbocycles. The Morgan fingerprint density at radius 2 is 2.18 bits per heavy atom. The van der Waals surface area contributed by atoms with Crippen LogP contribution in [0.5, 0.6) is 11.5 Å². The van der Waals surface area contributed by atoms with Crippen LogP contribution in [0.3, 0.4) is 0 Å². The van der Waals surface area contributed by atoms with Crippen LogP contribution in [0.25, 0.3) is 11.0 Å². The average Bonchev–Trinajstić information content (AvgIpc) is 2.81. The van der Waals surface area contributed by atoms with E-state index in [9.17, 15) is 4.79 Å². The predicted octanol–water partition coefficient (Wildman–Crippen LogP) is 1.16. The Kier molecular flexibility index (Phi) is 1.98. The first-order valence-electron chi connectivity index (χ1n) is 5.13. The Labute approximate surface area is 96.4 Å². The fraction of sp³-hybridized carbons (Fsp3) is 0.273. The summed E-state index contributed by atoms with van der Waals surface area (Å²) in [5, 5.41) is 8.86. The number of nitrogens with zero attached hydrogens (tertiary/aromatic N) is 2. The van der Waals surface area contributed by atoms with Gasteiger partial charge in [0.15, 0.2) is 11.5 Å². The van der Waals surface area contributed by atoms with Gasteiger partial charge in [0.2, 0.25) is 6.79 Å². The third kappa shape index (κ3) is 1.49. The summed E-state index contributed by atoms with van der Waals surface area (Å²) < 4.78 is 12.2. The quantitative estimate of drug-likeness (QED) is 0.843. The smallest absolute Gasteiger partial charge is 0.323 e. The average molecular weight is 234 g/mol. The molecule has 0 radical (unpaired) electrons. The summed E-state index contributed by atoms with van der Waals surface area (Å²) in [5.41, 5.74) is 1.46. The third-order valence-corrected chi connectivity index (χ3v) is 2.73. The molecule has 1 aromatic heterocycles. The number of benzene rings is 1. The molecule has 2 aromatic rings. The first kappa shape index (κ1) is 9.95. The van der Waals surface area contributed by atoms with E-state index >= 15 is 0 Å². The van der Waals surface area contributed by atoms with Crippen LogP contribution >= 0.6 is 0 Å². The summed E-state index contributed by atoms with van der Waals surface area (Å²) in [4.78, 5) is 15.1. The van der Waals surface area contributed by atoms with Crippen molar-refractivity contribution in [2.24, 2.45) is 0 Å². The van der Waals surface area contributed by atoms with Crippen LogP contribution < -0.4 is 9.47 Å². The minimum atomic E-state index is -0.898. The maximum Gasteiger partial charge on any atom is 0.323 e. The van der Waals surface area contributed by atoms with Crippen LogP contribution in [0.4, 0.5) is 0 Å². The van der Waals surface area contributed by atoms with E-state index in [4.69, 9.17) is 14.6 Å². The van der Waals surface area contributed by atoms with Gasteiger partial charge in [0.1, 0.15) is 12.4 Å². The molecule has 0 amide bonds. The van der Waals surface area contributed by atoms with E-state index in [1.54, 1.807) is 23.6 Å². The molecule has 0 saturated carbocycles. The second-order valence-electron chi connectivity index (χ2n) is 3.83. The Morgan fingerprint density at radius 1 is 1.47 bits per heavy atom. The van der Waals surface area contributed by atoms with Crippen molar-refractivity contribution in [3.05, 3.63) is 18.0 Å². The Hall–Kier alpha value is -2.24. The molecule has 0 bridgehead atoms. The van der Waals surface area contributed by atoms with E-state index in [-0.39, 0.29) is 13.3 Å². The van der Waals surface area contributed by atoms with E-state index in [1.165, 1.54) is 0 Å². The fourth-order valence-electron chi connectivity index (χ4n) is 1.97. The number of carboxylic acid groups (broad SMARTS) is 1. The zero-order chi connectivity index (χ0) is 12.0. The lowest BCUT2D eigenvalue weighted by atomic mass is 10.2. The van der Waals surface area contributed by atoms with Gasteiger partial charge in [-0.05, 0) is 6.92 Å². The number of rotatable bonds is 2. The number of ether oxygens (including phenoxy) is 2. The topological polar surface area (TPSA) is 73.6 Å². The van der Waals surface area contributed by atoms with Crippen molar-refractivity contribution in [1.82, 2.24) is 9.55 Å². The van der Waals surface area contributed by atoms with Crippen molar-refractivity contribution in [3.63, 3.8) is 0 Å². The lowest BCUT2D eigenvalue weighted by molar-refractivity contribution is -0.137. The molecule has 0 fully saturated rings. The summed E-state index contributed by atoms with van der Waals surface area (Å²) in [6.07, 6.45) is 0. The van der Waals surface area contributed by atoms with Crippen LogP contribution in [0.1, 0.15) is 5.82 Å². The Balaban J connectivity index is 2.21. The highest BCUT2D eigenvalue weighted by Crippen LogP contribution is 2.36. The monoisotopic (exact) mass is 234 g/mol. The number of carbonyl (C=O) groups is 1.